The van der Waals surface area contributed by atoms with Crippen molar-refractivity contribution in [2.75, 3.05) is 12.3 Å². The minimum atomic E-state index is -4.36. The van der Waals surface area contributed by atoms with Gasteiger partial charge in [-0.2, -0.15) is 13.2 Å². The molecule has 4 nitrogen and oxygen atoms in total. The number of anilines is 1. The smallest absolute Gasteiger partial charge is 0.392 e. The Morgan fingerprint density at radius 3 is 2.74 bits per heavy atom. The van der Waals surface area contributed by atoms with Crippen LogP contribution in [0.25, 0.3) is 11.0 Å². The molecule has 0 radical (unpaired) electrons. The number of benzene rings is 1. The van der Waals surface area contributed by atoms with Gasteiger partial charge in [0.15, 0.2) is 0 Å². The first-order valence-electron chi connectivity index (χ1n) is 5.38. The Labute approximate surface area is 105 Å². The van der Waals surface area contributed by atoms with Crippen LogP contribution in [-0.4, -0.2) is 18.8 Å². The van der Waals surface area contributed by atoms with Crippen molar-refractivity contribution >= 4 is 22.6 Å². The van der Waals surface area contributed by atoms with Crippen molar-refractivity contribution in [3.8, 4) is 0 Å². The number of carbonyl (C=O) groups is 1. The molecule has 1 heterocycles. The molecule has 0 fully saturated rings. The van der Waals surface area contributed by atoms with Crippen LogP contribution in [0.15, 0.2) is 28.7 Å². The number of hydrogen-bond acceptors (Lipinski definition) is 4. The molecule has 0 aliphatic carbocycles. The summed E-state index contributed by atoms with van der Waals surface area (Å²) in [7, 11) is 0. The van der Waals surface area contributed by atoms with E-state index in [1.165, 1.54) is 6.07 Å². The van der Waals surface area contributed by atoms with E-state index in [4.69, 9.17) is 10.2 Å². The fourth-order valence-electron chi connectivity index (χ4n) is 1.49. The van der Waals surface area contributed by atoms with Gasteiger partial charge in [0.1, 0.15) is 12.2 Å². The number of fused-ring (bicyclic) bond motifs is 1. The molecule has 19 heavy (non-hydrogen) atoms. The maximum absolute atomic E-state index is 11.9. The van der Waals surface area contributed by atoms with Crippen LogP contribution >= 0.6 is 0 Å². The zero-order chi connectivity index (χ0) is 14.0. The topological polar surface area (TPSA) is 65.5 Å². The van der Waals surface area contributed by atoms with Gasteiger partial charge in [0.25, 0.3) is 0 Å². The zero-order valence-electron chi connectivity index (χ0n) is 9.66. The number of nitrogens with two attached hydrogens (primary N) is 1. The first-order chi connectivity index (χ1) is 8.85. The van der Waals surface area contributed by atoms with E-state index in [1.54, 1.807) is 18.2 Å². The summed E-state index contributed by atoms with van der Waals surface area (Å²) in [6.07, 6.45) is -5.55. The van der Waals surface area contributed by atoms with E-state index >= 15 is 0 Å². The van der Waals surface area contributed by atoms with Gasteiger partial charge in [0, 0.05) is 11.1 Å². The average molecular weight is 273 g/mol. The summed E-state index contributed by atoms with van der Waals surface area (Å²) in [6.45, 7) is -0.735. The highest BCUT2D eigenvalue weighted by molar-refractivity contribution is 5.93. The number of esters is 1. The Bertz CT molecular complexity index is 604. The number of hydrogen-bond donors (Lipinski definition) is 1. The fourth-order valence-corrected chi connectivity index (χ4v) is 1.49. The number of carbonyl (C=O) groups excluding carboxylic acids is 1. The van der Waals surface area contributed by atoms with Crippen molar-refractivity contribution in [1.29, 1.82) is 0 Å². The molecule has 0 saturated heterocycles. The molecule has 102 valence electrons. The Balaban J connectivity index is 2.05. The summed E-state index contributed by atoms with van der Waals surface area (Å²) in [5.41, 5.74) is 6.46. The number of furan rings is 1. The first kappa shape index (κ1) is 13.3. The quantitative estimate of drug-likeness (QED) is 0.689. The number of nitrogen functional groups attached to an aromatic ring is 1. The maximum atomic E-state index is 11.9. The largest absolute Gasteiger partial charge is 0.459 e. The Morgan fingerprint density at radius 2 is 2.05 bits per heavy atom. The summed E-state index contributed by atoms with van der Waals surface area (Å²) in [5.74, 6) is -1.08. The number of rotatable bonds is 3. The maximum Gasteiger partial charge on any atom is 0.392 e. The highest BCUT2D eigenvalue weighted by Crippen LogP contribution is 2.23. The second-order valence-electron chi connectivity index (χ2n) is 3.91. The molecule has 0 saturated carbocycles. The SMILES string of the molecule is Nc1ccc2oc(C(=O)OCCC(F)(F)F)cc2c1. The normalized spacial score (nSPS) is 11.7. The van der Waals surface area contributed by atoms with Crippen molar-refractivity contribution in [1.82, 2.24) is 0 Å². The molecule has 0 unspecified atom stereocenters. The highest BCUT2D eigenvalue weighted by Gasteiger charge is 2.27. The summed E-state index contributed by atoms with van der Waals surface area (Å²) in [5, 5.41) is 0.586. The summed E-state index contributed by atoms with van der Waals surface area (Å²) < 4.78 is 45.3. The predicted molar refractivity (Wildman–Crippen MR) is 61.6 cm³/mol. The number of ether oxygens (including phenoxy) is 1. The standard InChI is InChI=1S/C12H10F3NO3/c13-12(14,15)3-4-18-11(17)10-6-7-5-8(16)1-2-9(7)19-10/h1-2,5-6H,3-4,16H2. The molecule has 0 spiro atoms. The van der Waals surface area contributed by atoms with Crippen LogP contribution in [0.3, 0.4) is 0 Å². The van der Waals surface area contributed by atoms with E-state index in [0.29, 0.717) is 16.7 Å². The van der Waals surface area contributed by atoms with Crippen LogP contribution in [-0.2, 0) is 4.74 Å². The lowest BCUT2D eigenvalue weighted by Gasteiger charge is -2.05. The van der Waals surface area contributed by atoms with Gasteiger partial charge in [-0.15, -0.1) is 0 Å². The van der Waals surface area contributed by atoms with Crippen LogP contribution in [0.4, 0.5) is 18.9 Å². The monoisotopic (exact) mass is 273 g/mol. The molecule has 1 aromatic carbocycles. The van der Waals surface area contributed by atoms with E-state index in [9.17, 15) is 18.0 Å². The van der Waals surface area contributed by atoms with E-state index in [2.05, 4.69) is 4.74 Å². The fraction of sp³-hybridized carbons (Fsp3) is 0.250. The third-order valence-electron chi connectivity index (χ3n) is 2.36. The lowest BCUT2D eigenvalue weighted by Crippen LogP contribution is -2.14. The third-order valence-corrected chi connectivity index (χ3v) is 2.36. The van der Waals surface area contributed by atoms with Gasteiger partial charge in [0.05, 0.1) is 6.42 Å². The van der Waals surface area contributed by atoms with Crippen LogP contribution in [0.1, 0.15) is 17.0 Å². The molecule has 1 aromatic heterocycles. The van der Waals surface area contributed by atoms with Crippen molar-refractivity contribution in [2.24, 2.45) is 0 Å². The third kappa shape index (κ3) is 3.40. The van der Waals surface area contributed by atoms with Gasteiger partial charge >= 0.3 is 12.1 Å². The van der Waals surface area contributed by atoms with Crippen LogP contribution in [0, 0.1) is 0 Å². The van der Waals surface area contributed by atoms with Gasteiger partial charge in [-0.05, 0) is 24.3 Å². The van der Waals surface area contributed by atoms with Gasteiger partial charge < -0.3 is 14.9 Å². The minimum absolute atomic E-state index is 0.150. The molecule has 0 amide bonds. The van der Waals surface area contributed by atoms with E-state index in [-0.39, 0.29) is 5.76 Å². The Kier molecular flexibility index (Phi) is 3.37. The molecule has 0 bridgehead atoms. The lowest BCUT2D eigenvalue weighted by atomic mass is 10.2. The van der Waals surface area contributed by atoms with Crippen LogP contribution < -0.4 is 5.73 Å². The van der Waals surface area contributed by atoms with E-state index in [1.807, 2.05) is 0 Å². The lowest BCUT2D eigenvalue weighted by molar-refractivity contribution is -0.141. The van der Waals surface area contributed by atoms with Crippen molar-refractivity contribution < 1.29 is 27.1 Å². The number of alkyl halides is 3. The first-order valence-corrected chi connectivity index (χ1v) is 5.38. The summed E-state index contributed by atoms with van der Waals surface area (Å²) in [4.78, 5) is 11.5. The summed E-state index contributed by atoms with van der Waals surface area (Å²) >= 11 is 0. The second-order valence-corrected chi connectivity index (χ2v) is 3.91. The number of halogens is 3. The molecule has 7 heteroatoms. The highest BCUT2D eigenvalue weighted by atomic mass is 19.4. The molecule has 0 aliphatic rings. The van der Waals surface area contributed by atoms with Crippen molar-refractivity contribution in [2.45, 2.75) is 12.6 Å². The van der Waals surface area contributed by atoms with E-state index < -0.39 is 25.2 Å². The van der Waals surface area contributed by atoms with Crippen molar-refractivity contribution in [3.63, 3.8) is 0 Å². The van der Waals surface area contributed by atoms with Gasteiger partial charge in [-0.25, -0.2) is 4.79 Å². The molecule has 0 atom stereocenters. The molecule has 2 aromatic rings. The van der Waals surface area contributed by atoms with E-state index in [0.717, 1.165) is 0 Å². The summed E-state index contributed by atoms with van der Waals surface area (Å²) in [6, 6.07) is 6.12. The van der Waals surface area contributed by atoms with Gasteiger partial charge in [-0.1, -0.05) is 0 Å². The average Bonchev–Trinajstić information content (AvgIpc) is 2.70. The predicted octanol–water partition coefficient (Wildman–Crippen LogP) is 3.12. The molecule has 0 aliphatic heterocycles. The molecular formula is C12H10F3NO3. The second kappa shape index (κ2) is 4.83. The van der Waals surface area contributed by atoms with Crippen molar-refractivity contribution in [3.05, 3.63) is 30.0 Å². The van der Waals surface area contributed by atoms with Gasteiger partial charge in [0.2, 0.25) is 5.76 Å². The molecular weight excluding hydrogens is 263 g/mol. The molecule has 2 N–H and O–H groups in total. The Morgan fingerprint density at radius 1 is 1.32 bits per heavy atom. The van der Waals surface area contributed by atoms with Gasteiger partial charge in [-0.3, -0.25) is 0 Å². The Hall–Kier alpha value is -2.18. The zero-order valence-corrected chi connectivity index (χ0v) is 9.66. The van der Waals surface area contributed by atoms with Crippen LogP contribution in [0.5, 0.6) is 0 Å². The van der Waals surface area contributed by atoms with Crippen LogP contribution in [0.2, 0.25) is 0 Å². The minimum Gasteiger partial charge on any atom is -0.459 e. The molecule has 2 rings (SSSR count).